The minimum atomic E-state index is -1.33. The molecule has 16 N–H and O–H groups in total. The third-order valence-electron chi connectivity index (χ3n) is 8.36. The molecular formula is C32H20O17. The Hall–Kier alpha value is -7.56. The highest BCUT2D eigenvalue weighted by Crippen LogP contribution is 2.62. The van der Waals surface area contributed by atoms with Crippen LogP contribution in [0.2, 0.25) is 0 Å². The molecular weight excluding hydrogens is 656 g/mol. The maximum atomic E-state index is 11.7. The zero-order valence-electron chi connectivity index (χ0n) is 23.9. The molecule has 0 saturated carbocycles. The number of hydrogen-bond acceptors (Lipinski definition) is 17. The first-order chi connectivity index (χ1) is 23.0. The van der Waals surface area contributed by atoms with Gasteiger partial charge in [-0.25, -0.2) is 0 Å². The Morgan fingerprint density at radius 3 is 0.939 bits per heavy atom. The molecule has 6 aromatic carbocycles. The zero-order valence-corrected chi connectivity index (χ0v) is 23.9. The molecule has 0 spiro atoms. The second-order valence-corrected chi connectivity index (χ2v) is 11.0. The average molecular weight is 676 g/mol. The van der Waals surface area contributed by atoms with Crippen LogP contribution in [0.3, 0.4) is 0 Å². The van der Waals surface area contributed by atoms with Crippen molar-refractivity contribution in [3.63, 3.8) is 0 Å². The fourth-order valence-corrected chi connectivity index (χ4v) is 6.10. The third-order valence-corrected chi connectivity index (χ3v) is 8.36. The summed E-state index contributed by atoms with van der Waals surface area (Å²) in [6.45, 7) is 0. The van der Waals surface area contributed by atoms with Gasteiger partial charge in [0.15, 0.2) is 57.2 Å². The summed E-state index contributed by atoms with van der Waals surface area (Å²) in [4.78, 5) is 0. The number of phenols is 16. The number of aromatic hydroxyl groups is 16. The highest BCUT2D eigenvalue weighted by molar-refractivity contribution is 6.27. The molecule has 49 heavy (non-hydrogen) atoms. The topological polar surface area (TPSA) is 337 Å². The molecule has 1 heterocycles. The van der Waals surface area contributed by atoms with Crippen molar-refractivity contribution in [3.05, 3.63) is 24.3 Å². The first-order valence-electron chi connectivity index (χ1n) is 13.5. The van der Waals surface area contributed by atoms with Gasteiger partial charge in [0.1, 0.15) is 5.75 Å². The lowest BCUT2D eigenvalue weighted by molar-refractivity contribution is 0.330. The van der Waals surface area contributed by atoms with Gasteiger partial charge in [-0.15, -0.1) is 0 Å². The van der Waals surface area contributed by atoms with Crippen LogP contribution in [0.15, 0.2) is 28.7 Å². The van der Waals surface area contributed by atoms with E-state index in [4.69, 9.17) is 4.42 Å². The van der Waals surface area contributed by atoms with Crippen molar-refractivity contribution < 1.29 is 86.1 Å². The monoisotopic (exact) mass is 676 g/mol. The van der Waals surface area contributed by atoms with Crippen LogP contribution in [0.1, 0.15) is 0 Å². The van der Waals surface area contributed by atoms with Gasteiger partial charge in [0.2, 0.25) is 40.2 Å². The van der Waals surface area contributed by atoms with Crippen LogP contribution in [0.25, 0.3) is 65.7 Å². The Morgan fingerprint density at radius 2 is 0.531 bits per heavy atom. The first-order valence-corrected chi connectivity index (χ1v) is 13.5. The standard InChI is InChI=1S/C32H20O17/c33-9-1-5-7(3-11(9)35)14(16-20(38)24(42)27(45)25(43)21(16)39)8-4-12(36)10(34)2-6(8)13(5)15-19(37)17-18-23(41)26(44)28(46)30(48)32(18)49-31(17)29(47)22(15)40/h1-4,33-48H. The van der Waals surface area contributed by atoms with Crippen LogP contribution >= 0.6 is 0 Å². The van der Waals surface area contributed by atoms with Crippen molar-refractivity contribution in [1.29, 1.82) is 0 Å². The molecule has 0 aliphatic heterocycles. The number of hydrogen-bond donors (Lipinski definition) is 16. The van der Waals surface area contributed by atoms with Gasteiger partial charge >= 0.3 is 0 Å². The fraction of sp³-hybridized carbons (Fsp3) is 0. The lowest BCUT2D eigenvalue weighted by Crippen LogP contribution is -1.94. The molecule has 7 rings (SSSR count). The van der Waals surface area contributed by atoms with E-state index in [9.17, 15) is 81.7 Å². The van der Waals surface area contributed by atoms with E-state index in [1.807, 2.05) is 0 Å². The van der Waals surface area contributed by atoms with E-state index >= 15 is 0 Å². The molecule has 0 bridgehead atoms. The Morgan fingerprint density at radius 1 is 0.265 bits per heavy atom. The number of phenolic OH excluding ortho intramolecular Hbond substituents is 16. The molecule has 0 saturated heterocycles. The van der Waals surface area contributed by atoms with E-state index in [0.29, 0.717) is 0 Å². The maximum absolute atomic E-state index is 11.7. The SMILES string of the molecule is Oc1cc2c(-c3c(O)c(O)c(O)c(O)c3O)c3cc(O)c(O)cc3c(-c3c(O)c(O)c4oc5c(O)c(O)c(O)c(O)c5c4c3O)c2cc1O. The third kappa shape index (κ3) is 3.62. The lowest BCUT2D eigenvalue weighted by Gasteiger charge is -2.22. The summed E-state index contributed by atoms with van der Waals surface area (Å²) >= 11 is 0. The lowest BCUT2D eigenvalue weighted by atomic mass is 9.83. The molecule has 0 aliphatic rings. The first kappa shape index (κ1) is 30.1. The summed E-state index contributed by atoms with van der Waals surface area (Å²) in [5, 5.41) is 168. The van der Waals surface area contributed by atoms with Gasteiger partial charge in [0.05, 0.1) is 21.9 Å². The van der Waals surface area contributed by atoms with E-state index in [0.717, 1.165) is 24.3 Å². The predicted octanol–water partition coefficient (Wildman–Crippen LogP) is 4.52. The summed E-state index contributed by atoms with van der Waals surface area (Å²) in [5.41, 5.74) is -4.05. The Balaban J connectivity index is 1.79. The average Bonchev–Trinajstić information content (AvgIpc) is 3.47. The Kier molecular flexibility index (Phi) is 5.83. The van der Waals surface area contributed by atoms with E-state index in [2.05, 4.69) is 0 Å². The largest absolute Gasteiger partial charge is 0.506 e. The zero-order chi connectivity index (χ0) is 35.7. The van der Waals surface area contributed by atoms with Crippen LogP contribution in [0, 0.1) is 0 Å². The van der Waals surface area contributed by atoms with Crippen molar-refractivity contribution in [3.8, 4) is 114 Å². The number of furan rings is 1. The van der Waals surface area contributed by atoms with Gasteiger partial charge in [0.25, 0.3) is 0 Å². The second kappa shape index (κ2) is 9.48. The molecule has 250 valence electrons. The van der Waals surface area contributed by atoms with E-state index in [1.165, 1.54) is 0 Å². The fourth-order valence-electron chi connectivity index (χ4n) is 6.10. The summed E-state index contributed by atoms with van der Waals surface area (Å²) in [6, 6.07) is 3.33. The van der Waals surface area contributed by atoms with Crippen molar-refractivity contribution in [2.45, 2.75) is 0 Å². The van der Waals surface area contributed by atoms with Gasteiger partial charge in [0, 0.05) is 11.1 Å². The molecule has 7 aromatic rings. The highest BCUT2D eigenvalue weighted by Gasteiger charge is 2.34. The van der Waals surface area contributed by atoms with Crippen LogP contribution < -0.4 is 0 Å². The van der Waals surface area contributed by atoms with Crippen molar-refractivity contribution in [2.75, 3.05) is 0 Å². The van der Waals surface area contributed by atoms with Gasteiger partial charge in [-0.3, -0.25) is 0 Å². The summed E-state index contributed by atoms with van der Waals surface area (Å²) < 4.78 is 5.34. The summed E-state index contributed by atoms with van der Waals surface area (Å²) in [6.07, 6.45) is 0. The molecule has 17 heteroatoms. The van der Waals surface area contributed by atoms with E-state index in [-0.39, 0.29) is 21.5 Å². The normalized spacial score (nSPS) is 11.8. The van der Waals surface area contributed by atoms with Gasteiger partial charge in [-0.1, -0.05) is 0 Å². The van der Waals surface area contributed by atoms with E-state index in [1.54, 1.807) is 0 Å². The molecule has 0 aliphatic carbocycles. The maximum Gasteiger partial charge on any atom is 0.208 e. The number of rotatable bonds is 2. The summed E-state index contributed by atoms with van der Waals surface area (Å²) in [5.74, 6) is -18.0. The van der Waals surface area contributed by atoms with E-state index < -0.39 is 136 Å². The number of fused-ring (bicyclic) bond motifs is 5. The molecule has 0 fully saturated rings. The minimum absolute atomic E-state index is 0.349. The van der Waals surface area contributed by atoms with Gasteiger partial charge in [-0.2, -0.15) is 0 Å². The molecule has 0 amide bonds. The molecule has 0 atom stereocenters. The van der Waals surface area contributed by atoms with Crippen molar-refractivity contribution in [2.24, 2.45) is 0 Å². The molecule has 0 unspecified atom stereocenters. The van der Waals surface area contributed by atoms with Gasteiger partial charge < -0.3 is 86.1 Å². The Labute approximate surface area is 268 Å². The Bertz CT molecular complexity index is 2570. The number of benzene rings is 6. The quantitative estimate of drug-likeness (QED) is 0.0679. The highest BCUT2D eigenvalue weighted by atomic mass is 16.4. The molecule has 1 aromatic heterocycles. The summed E-state index contributed by atoms with van der Waals surface area (Å²) in [7, 11) is 0. The van der Waals surface area contributed by atoms with Gasteiger partial charge in [-0.05, 0) is 45.8 Å². The van der Waals surface area contributed by atoms with Crippen LogP contribution in [-0.2, 0) is 0 Å². The van der Waals surface area contributed by atoms with Crippen LogP contribution in [-0.4, -0.2) is 81.7 Å². The van der Waals surface area contributed by atoms with Crippen LogP contribution in [0.5, 0.6) is 92.0 Å². The smallest absolute Gasteiger partial charge is 0.208 e. The molecule has 17 nitrogen and oxygen atoms in total. The second-order valence-electron chi connectivity index (χ2n) is 11.0. The van der Waals surface area contributed by atoms with Crippen molar-refractivity contribution >= 4 is 43.5 Å². The minimum Gasteiger partial charge on any atom is -0.506 e. The predicted molar refractivity (Wildman–Crippen MR) is 166 cm³/mol. The molecule has 0 radical (unpaired) electrons. The van der Waals surface area contributed by atoms with Crippen LogP contribution in [0.4, 0.5) is 0 Å². The van der Waals surface area contributed by atoms with Crippen molar-refractivity contribution in [1.82, 2.24) is 0 Å².